The van der Waals surface area contributed by atoms with Gasteiger partial charge in [-0.3, -0.25) is 4.57 Å². The average molecular weight is 444 g/mol. The summed E-state index contributed by atoms with van der Waals surface area (Å²) in [5.74, 6) is 1.22. The van der Waals surface area contributed by atoms with Crippen LogP contribution in [0.2, 0.25) is 0 Å². The number of rotatable bonds is 4. The quantitative estimate of drug-likeness (QED) is 0.612. The third-order valence-electron chi connectivity index (χ3n) is 6.18. The summed E-state index contributed by atoms with van der Waals surface area (Å²) in [4.78, 5) is 17.9. The van der Waals surface area contributed by atoms with E-state index in [4.69, 9.17) is 19.4 Å². The lowest BCUT2D eigenvalue weighted by atomic mass is 10.1. The SMILES string of the molecule is C[C@H]1OCCN(c2cc(N3CCOCC3)nc(-n3c(C(F)F)nc4ccccc43)n2)[C@H]1C. The number of hydrogen-bond donors (Lipinski definition) is 0. The van der Waals surface area contributed by atoms with E-state index < -0.39 is 6.43 Å². The summed E-state index contributed by atoms with van der Waals surface area (Å²) in [5.41, 5.74) is 1.04. The van der Waals surface area contributed by atoms with Gasteiger partial charge in [0.05, 0.1) is 43.0 Å². The van der Waals surface area contributed by atoms with Gasteiger partial charge in [-0.15, -0.1) is 0 Å². The first-order valence-corrected chi connectivity index (χ1v) is 10.9. The number of ether oxygens (including phenoxy) is 2. The normalized spacial score (nSPS) is 22.2. The summed E-state index contributed by atoms with van der Waals surface area (Å²) in [7, 11) is 0. The van der Waals surface area contributed by atoms with Crippen molar-refractivity contribution in [1.29, 1.82) is 0 Å². The number of nitrogens with zero attached hydrogens (tertiary/aromatic N) is 6. The van der Waals surface area contributed by atoms with Gasteiger partial charge in [0.1, 0.15) is 11.6 Å². The highest BCUT2D eigenvalue weighted by atomic mass is 19.3. The molecule has 8 nitrogen and oxygen atoms in total. The second kappa shape index (κ2) is 8.59. The molecule has 3 aromatic rings. The minimum atomic E-state index is -2.76. The van der Waals surface area contributed by atoms with Crippen molar-refractivity contribution in [1.82, 2.24) is 19.5 Å². The highest BCUT2D eigenvalue weighted by Crippen LogP contribution is 2.30. The Morgan fingerprint density at radius 3 is 2.50 bits per heavy atom. The molecule has 2 aromatic heterocycles. The van der Waals surface area contributed by atoms with Gasteiger partial charge >= 0.3 is 0 Å². The Kier molecular flexibility index (Phi) is 5.64. The van der Waals surface area contributed by atoms with Gasteiger partial charge < -0.3 is 19.3 Å². The molecule has 32 heavy (non-hydrogen) atoms. The van der Waals surface area contributed by atoms with Gasteiger partial charge in [0, 0.05) is 25.7 Å². The number of aromatic nitrogens is 4. The first-order chi connectivity index (χ1) is 15.5. The molecule has 0 bridgehead atoms. The maximum atomic E-state index is 14.0. The van der Waals surface area contributed by atoms with Crippen LogP contribution in [0.25, 0.3) is 17.0 Å². The maximum absolute atomic E-state index is 14.0. The minimum absolute atomic E-state index is 0.0275. The molecule has 10 heteroatoms. The number of anilines is 2. The molecule has 0 spiro atoms. The fourth-order valence-corrected chi connectivity index (χ4v) is 4.27. The summed E-state index contributed by atoms with van der Waals surface area (Å²) in [6.45, 7) is 7.89. The van der Waals surface area contributed by atoms with Gasteiger partial charge in [-0.25, -0.2) is 13.8 Å². The van der Waals surface area contributed by atoms with Crippen LogP contribution in [0.5, 0.6) is 0 Å². The van der Waals surface area contributed by atoms with E-state index in [2.05, 4.69) is 21.7 Å². The lowest BCUT2D eigenvalue weighted by Crippen LogP contribution is -2.49. The second-order valence-electron chi connectivity index (χ2n) is 8.09. The summed E-state index contributed by atoms with van der Waals surface area (Å²) in [6.07, 6.45) is -2.73. The van der Waals surface area contributed by atoms with Crippen molar-refractivity contribution in [2.75, 3.05) is 49.3 Å². The van der Waals surface area contributed by atoms with Gasteiger partial charge in [-0.2, -0.15) is 9.97 Å². The van der Waals surface area contributed by atoms with Crippen LogP contribution < -0.4 is 9.80 Å². The monoisotopic (exact) mass is 444 g/mol. The zero-order valence-electron chi connectivity index (χ0n) is 18.1. The van der Waals surface area contributed by atoms with E-state index in [1.165, 1.54) is 4.57 Å². The molecule has 2 aliphatic heterocycles. The number of morpholine rings is 2. The topological polar surface area (TPSA) is 68.5 Å². The zero-order valence-corrected chi connectivity index (χ0v) is 18.1. The molecule has 0 saturated carbocycles. The lowest BCUT2D eigenvalue weighted by molar-refractivity contribution is 0.0281. The van der Waals surface area contributed by atoms with Crippen LogP contribution >= 0.6 is 0 Å². The van der Waals surface area contributed by atoms with Gasteiger partial charge in [-0.05, 0) is 26.0 Å². The number of halogens is 2. The van der Waals surface area contributed by atoms with Crippen LogP contribution in [0.15, 0.2) is 30.3 Å². The molecule has 1 aromatic carbocycles. The van der Waals surface area contributed by atoms with Crippen molar-refractivity contribution in [3.63, 3.8) is 0 Å². The standard InChI is InChI=1S/C22H26F2N6O2/c1-14-15(2)32-12-9-29(14)19-13-18(28-7-10-31-11-8-28)26-22(27-19)30-17-6-4-3-5-16(17)25-21(30)20(23)24/h3-6,13-15,20H,7-12H2,1-2H3/t14-,15+/m0/s1. The molecule has 2 atom stereocenters. The molecule has 2 aliphatic rings. The molecule has 0 aliphatic carbocycles. The molecular formula is C22H26F2N6O2. The summed E-state index contributed by atoms with van der Waals surface area (Å²) in [5, 5.41) is 0. The van der Waals surface area contributed by atoms with Crippen LogP contribution in [0.3, 0.4) is 0 Å². The van der Waals surface area contributed by atoms with Crippen molar-refractivity contribution in [2.45, 2.75) is 32.4 Å². The highest BCUT2D eigenvalue weighted by molar-refractivity contribution is 5.78. The van der Waals surface area contributed by atoms with Crippen molar-refractivity contribution in [2.24, 2.45) is 0 Å². The molecular weight excluding hydrogens is 418 g/mol. The minimum Gasteiger partial charge on any atom is -0.378 e. The number of hydrogen-bond acceptors (Lipinski definition) is 7. The van der Waals surface area contributed by atoms with E-state index in [0.717, 1.165) is 0 Å². The van der Waals surface area contributed by atoms with Gasteiger partial charge in [0.15, 0.2) is 5.82 Å². The number of para-hydroxylation sites is 2. The van der Waals surface area contributed by atoms with Crippen LogP contribution in [-0.4, -0.2) is 71.1 Å². The average Bonchev–Trinajstić information content (AvgIpc) is 3.21. The third-order valence-corrected chi connectivity index (χ3v) is 6.18. The summed E-state index contributed by atoms with van der Waals surface area (Å²) < 4.78 is 40.6. The predicted octanol–water partition coefficient (Wildman–Crippen LogP) is 3.20. The van der Waals surface area contributed by atoms with Crippen molar-refractivity contribution >= 4 is 22.7 Å². The fraction of sp³-hybridized carbons (Fsp3) is 0.500. The van der Waals surface area contributed by atoms with Gasteiger partial charge in [0.2, 0.25) is 5.95 Å². The van der Waals surface area contributed by atoms with E-state index in [1.54, 1.807) is 24.3 Å². The molecule has 0 radical (unpaired) electrons. The van der Waals surface area contributed by atoms with Crippen LogP contribution in [0.1, 0.15) is 26.1 Å². The number of imidazole rings is 1. The molecule has 2 saturated heterocycles. The highest BCUT2D eigenvalue weighted by Gasteiger charge is 2.29. The smallest absolute Gasteiger partial charge is 0.296 e. The molecule has 0 N–H and O–H groups in total. The molecule has 2 fully saturated rings. The largest absolute Gasteiger partial charge is 0.378 e. The van der Waals surface area contributed by atoms with E-state index in [9.17, 15) is 8.78 Å². The van der Waals surface area contributed by atoms with E-state index in [1.807, 2.05) is 13.0 Å². The number of alkyl halides is 2. The van der Waals surface area contributed by atoms with Crippen molar-refractivity contribution in [3.8, 4) is 5.95 Å². The Morgan fingerprint density at radius 2 is 1.72 bits per heavy atom. The maximum Gasteiger partial charge on any atom is 0.296 e. The summed E-state index contributed by atoms with van der Waals surface area (Å²) >= 11 is 0. The van der Waals surface area contributed by atoms with Crippen LogP contribution in [0, 0.1) is 0 Å². The number of fused-ring (bicyclic) bond motifs is 1. The van der Waals surface area contributed by atoms with Crippen molar-refractivity contribution < 1.29 is 18.3 Å². The Hall–Kier alpha value is -2.85. The van der Waals surface area contributed by atoms with Crippen LogP contribution in [0.4, 0.5) is 20.4 Å². The molecule has 5 rings (SSSR count). The van der Waals surface area contributed by atoms with E-state index in [0.29, 0.717) is 62.1 Å². The Morgan fingerprint density at radius 1 is 0.969 bits per heavy atom. The third kappa shape index (κ3) is 3.77. The first-order valence-electron chi connectivity index (χ1n) is 10.9. The zero-order chi connectivity index (χ0) is 22.2. The number of benzene rings is 1. The predicted molar refractivity (Wildman–Crippen MR) is 117 cm³/mol. The second-order valence-corrected chi connectivity index (χ2v) is 8.09. The summed E-state index contributed by atoms with van der Waals surface area (Å²) in [6, 6.07) is 9.08. The van der Waals surface area contributed by atoms with Crippen molar-refractivity contribution in [3.05, 3.63) is 36.2 Å². The van der Waals surface area contributed by atoms with E-state index in [-0.39, 0.29) is 23.9 Å². The molecule has 4 heterocycles. The lowest BCUT2D eigenvalue weighted by Gasteiger charge is -2.39. The Bertz CT molecular complexity index is 1100. The Labute approximate surface area is 184 Å². The van der Waals surface area contributed by atoms with E-state index >= 15 is 0 Å². The van der Waals surface area contributed by atoms with Gasteiger partial charge in [0.25, 0.3) is 6.43 Å². The molecule has 0 amide bonds. The molecule has 0 unspecified atom stereocenters. The Balaban J connectivity index is 1.68. The molecule has 170 valence electrons. The fourth-order valence-electron chi connectivity index (χ4n) is 4.27. The van der Waals surface area contributed by atoms with Gasteiger partial charge in [-0.1, -0.05) is 12.1 Å². The first kappa shape index (κ1) is 21.0. The van der Waals surface area contributed by atoms with Crippen LogP contribution in [-0.2, 0) is 9.47 Å².